The van der Waals surface area contributed by atoms with Crippen molar-refractivity contribution in [3.63, 3.8) is 0 Å². The number of benzene rings is 1. The minimum absolute atomic E-state index is 0.0352. The molecule has 0 bridgehead atoms. The smallest absolute Gasteiger partial charge is 0.317 e. The highest BCUT2D eigenvalue weighted by Crippen LogP contribution is 2.28. The fourth-order valence-electron chi connectivity index (χ4n) is 3.13. The summed E-state index contributed by atoms with van der Waals surface area (Å²) in [6, 6.07) is 5.43. The Morgan fingerprint density at radius 1 is 1.33 bits per heavy atom. The number of hydrogen-bond acceptors (Lipinski definition) is 5. The zero-order chi connectivity index (χ0) is 20.0. The SMILES string of the molecule is CCN(CC(=O)O)C1CC(NC(=O)c2ccc(OC)cc2OCC(C)C)C1. The van der Waals surface area contributed by atoms with E-state index in [1.54, 1.807) is 25.3 Å². The molecule has 0 atom stereocenters. The third kappa shape index (κ3) is 5.85. The Kier molecular flexibility index (Phi) is 7.47. The first-order valence-corrected chi connectivity index (χ1v) is 9.41. The number of carbonyl (C=O) groups is 2. The molecule has 0 heterocycles. The number of amides is 1. The van der Waals surface area contributed by atoms with Crippen LogP contribution in [0.25, 0.3) is 0 Å². The lowest BCUT2D eigenvalue weighted by molar-refractivity contribution is -0.139. The van der Waals surface area contributed by atoms with E-state index in [0.717, 1.165) is 12.8 Å². The van der Waals surface area contributed by atoms with Crippen molar-refractivity contribution in [1.82, 2.24) is 10.2 Å². The predicted octanol–water partition coefficient (Wildman–Crippen LogP) is 2.40. The summed E-state index contributed by atoms with van der Waals surface area (Å²) in [6.07, 6.45) is 1.51. The topological polar surface area (TPSA) is 88.1 Å². The Hall–Kier alpha value is -2.28. The molecule has 1 amide bonds. The van der Waals surface area contributed by atoms with Crippen LogP contribution in [0.1, 0.15) is 44.0 Å². The van der Waals surface area contributed by atoms with E-state index in [1.807, 2.05) is 25.7 Å². The second-order valence-electron chi connectivity index (χ2n) is 7.32. The predicted molar refractivity (Wildman–Crippen MR) is 102 cm³/mol. The van der Waals surface area contributed by atoms with Crippen molar-refractivity contribution in [2.24, 2.45) is 5.92 Å². The van der Waals surface area contributed by atoms with Gasteiger partial charge in [0.1, 0.15) is 11.5 Å². The van der Waals surface area contributed by atoms with Crippen molar-refractivity contribution in [3.05, 3.63) is 23.8 Å². The van der Waals surface area contributed by atoms with Crippen molar-refractivity contribution in [2.45, 2.75) is 45.7 Å². The Labute approximate surface area is 160 Å². The van der Waals surface area contributed by atoms with Gasteiger partial charge in [-0.15, -0.1) is 0 Å². The molecule has 0 aromatic heterocycles. The molecular formula is C20H30N2O5. The molecule has 0 aliphatic heterocycles. The minimum atomic E-state index is -0.825. The van der Waals surface area contributed by atoms with Gasteiger partial charge < -0.3 is 19.9 Å². The number of likely N-dealkylation sites (N-methyl/N-ethyl adjacent to an activating group) is 1. The summed E-state index contributed by atoms with van der Waals surface area (Å²) in [5.41, 5.74) is 0.484. The second-order valence-corrected chi connectivity index (χ2v) is 7.32. The number of hydrogen-bond donors (Lipinski definition) is 2. The molecule has 1 aromatic rings. The van der Waals surface area contributed by atoms with E-state index in [2.05, 4.69) is 5.32 Å². The molecule has 0 unspecified atom stereocenters. The molecule has 1 fully saturated rings. The Balaban J connectivity index is 1.97. The number of ether oxygens (including phenoxy) is 2. The number of methoxy groups -OCH3 is 1. The maximum Gasteiger partial charge on any atom is 0.317 e. The van der Waals surface area contributed by atoms with Crippen LogP contribution in [-0.4, -0.2) is 60.8 Å². The van der Waals surface area contributed by atoms with Crippen LogP contribution in [0, 0.1) is 5.92 Å². The van der Waals surface area contributed by atoms with Crippen molar-refractivity contribution in [1.29, 1.82) is 0 Å². The summed E-state index contributed by atoms with van der Waals surface area (Å²) in [4.78, 5) is 25.5. The lowest BCUT2D eigenvalue weighted by Gasteiger charge is -2.42. The van der Waals surface area contributed by atoms with Crippen molar-refractivity contribution in [3.8, 4) is 11.5 Å². The van der Waals surface area contributed by atoms with Gasteiger partial charge >= 0.3 is 5.97 Å². The number of nitrogens with one attached hydrogen (secondary N) is 1. The average molecular weight is 378 g/mol. The zero-order valence-electron chi connectivity index (χ0n) is 16.5. The van der Waals surface area contributed by atoms with Gasteiger partial charge in [0.15, 0.2) is 0 Å². The Morgan fingerprint density at radius 3 is 2.59 bits per heavy atom. The Bertz CT molecular complexity index is 656. The highest BCUT2D eigenvalue weighted by atomic mass is 16.5. The highest BCUT2D eigenvalue weighted by molar-refractivity contribution is 5.97. The van der Waals surface area contributed by atoms with Crippen LogP contribution in [0.5, 0.6) is 11.5 Å². The monoisotopic (exact) mass is 378 g/mol. The first-order valence-electron chi connectivity index (χ1n) is 9.41. The van der Waals surface area contributed by atoms with Gasteiger partial charge in [-0.1, -0.05) is 20.8 Å². The molecule has 1 aliphatic carbocycles. The molecule has 0 saturated heterocycles. The van der Waals surface area contributed by atoms with Crippen LogP contribution in [0.2, 0.25) is 0 Å². The molecule has 0 spiro atoms. The summed E-state index contributed by atoms with van der Waals surface area (Å²) in [7, 11) is 1.58. The fourth-order valence-corrected chi connectivity index (χ4v) is 3.13. The number of nitrogens with zero attached hydrogens (tertiary/aromatic N) is 1. The van der Waals surface area contributed by atoms with E-state index in [0.29, 0.717) is 36.1 Å². The van der Waals surface area contributed by atoms with Gasteiger partial charge in [0, 0.05) is 18.2 Å². The van der Waals surface area contributed by atoms with Crippen molar-refractivity contribution >= 4 is 11.9 Å². The number of rotatable bonds is 10. The van der Waals surface area contributed by atoms with Gasteiger partial charge in [0.2, 0.25) is 0 Å². The molecule has 2 N–H and O–H groups in total. The van der Waals surface area contributed by atoms with Gasteiger partial charge in [-0.25, -0.2) is 0 Å². The largest absolute Gasteiger partial charge is 0.497 e. The third-order valence-corrected chi connectivity index (χ3v) is 4.71. The average Bonchev–Trinajstić information content (AvgIpc) is 2.60. The van der Waals surface area contributed by atoms with E-state index in [9.17, 15) is 9.59 Å². The summed E-state index contributed by atoms with van der Waals surface area (Å²) < 4.78 is 11.0. The van der Waals surface area contributed by atoms with Crippen LogP contribution < -0.4 is 14.8 Å². The number of aliphatic carboxylic acids is 1. The molecule has 7 heteroatoms. The van der Waals surface area contributed by atoms with Crippen LogP contribution in [0.3, 0.4) is 0 Å². The highest BCUT2D eigenvalue weighted by Gasteiger charge is 2.35. The van der Waals surface area contributed by atoms with Crippen molar-refractivity contribution < 1.29 is 24.2 Å². The van der Waals surface area contributed by atoms with Crippen LogP contribution >= 0.6 is 0 Å². The van der Waals surface area contributed by atoms with Crippen LogP contribution in [0.4, 0.5) is 0 Å². The van der Waals surface area contributed by atoms with E-state index >= 15 is 0 Å². The molecule has 7 nitrogen and oxygen atoms in total. The maximum atomic E-state index is 12.7. The summed E-state index contributed by atoms with van der Waals surface area (Å²) >= 11 is 0. The van der Waals surface area contributed by atoms with Crippen LogP contribution in [0.15, 0.2) is 18.2 Å². The molecule has 150 valence electrons. The van der Waals surface area contributed by atoms with Gasteiger partial charge in [-0.3, -0.25) is 14.5 Å². The van der Waals surface area contributed by atoms with Gasteiger partial charge in [-0.05, 0) is 37.4 Å². The molecule has 1 aliphatic rings. The molecule has 1 aromatic carbocycles. The normalized spacial score (nSPS) is 18.9. The lowest BCUT2D eigenvalue weighted by atomic mass is 9.85. The molecule has 0 radical (unpaired) electrons. The summed E-state index contributed by atoms with van der Waals surface area (Å²) in [5.74, 6) is 0.489. The maximum absolute atomic E-state index is 12.7. The fraction of sp³-hybridized carbons (Fsp3) is 0.600. The van der Waals surface area contributed by atoms with E-state index in [4.69, 9.17) is 14.6 Å². The van der Waals surface area contributed by atoms with E-state index in [1.165, 1.54) is 0 Å². The summed E-state index contributed by atoms with van der Waals surface area (Å²) in [5, 5.41) is 12.0. The minimum Gasteiger partial charge on any atom is -0.497 e. The molecular weight excluding hydrogens is 348 g/mol. The standard InChI is InChI=1S/C20H30N2O5/c1-5-22(11-19(23)24)15-8-14(9-15)21-20(25)17-7-6-16(26-4)10-18(17)27-12-13(2)3/h6-7,10,13-15H,5,8-9,11-12H2,1-4H3,(H,21,25)(H,23,24). The molecule has 1 saturated carbocycles. The first kappa shape index (κ1) is 21.0. The second kappa shape index (κ2) is 9.60. The third-order valence-electron chi connectivity index (χ3n) is 4.71. The number of carboxylic acids is 1. The zero-order valence-corrected chi connectivity index (χ0v) is 16.5. The molecule has 2 rings (SSSR count). The first-order chi connectivity index (χ1) is 12.8. The van der Waals surface area contributed by atoms with E-state index in [-0.39, 0.29) is 24.5 Å². The van der Waals surface area contributed by atoms with Gasteiger partial charge in [0.05, 0.1) is 25.8 Å². The van der Waals surface area contributed by atoms with Gasteiger partial charge in [-0.2, -0.15) is 0 Å². The number of carbonyl (C=O) groups excluding carboxylic acids is 1. The lowest BCUT2D eigenvalue weighted by Crippen LogP contribution is -2.54. The van der Waals surface area contributed by atoms with E-state index < -0.39 is 5.97 Å². The van der Waals surface area contributed by atoms with Gasteiger partial charge in [0.25, 0.3) is 5.91 Å². The van der Waals surface area contributed by atoms with Crippen LogP contribution in [-0.2, 0) is 4.79 Å². The number of carboxylic acid groups (broad SMARTS) is 1. The Morgan fingerprint density at radius 2 is 2.04 bits per heavy atom. The van der Waals surface area contributed by atoms with Crippen molar-refractivity contribution in [2.75, 3.05) is 26.8 Å². The molecule has 27 heavy (non-hydrogen) atoms. The quantitative estimate of drug-likeness (QED) is 0.650. The summed E-state index contributed by atoms with van der Waals surface area (Å²) in [6.45, 7) is 7.27.